The lowest BCUT2D eigenvalue weighted by Gasteiger charge is -2.30. The molecule has 2 atom stereocenters. The SMILES string of the molecule is CC(c1ccccc1O)N(O)C(CO)Cc1ccc(O)cc1. The zero-order valence-corrected chi connectivity index (χ0v) is 12.4. The number of hydroxylamine groups is 2. The van der Waals surface area contributed by atoms with Crippen LogP contribution in [0.4, 0.5) is 0 Å². The predicted octanol–water partition coefficient (Wildman–Crippen LogP) is 2.45. The van der Waals surface area contributed by atoms with Crippen LogP contribution in [0.1, 0.15) is 24.1 Å². The van der Waals surface area contributed by atoms with Gasteiger partial charge in [0.1, 0.15) is 11.5 Å². The van der Waals surface area contributed by atoms with Crippen LogP contribution in [0.5, 0.6) is 11.5 Å². The van der Waals surface area contributed by atoms with Crippen molar-refractivity contribution in [2.75, 3.05) is 6.61 Å². The summed E-state index contributed by atoms with van der Waals surface area (Å²) in [6, 6.07) is 12.4. The van der Waals surface area contributed by atoms with Crippen molar-refractivity contribution >= 4 is 0 Å². The fourth-order valence-corrected chi connectivity index (χ4v) is 2.45. The van der Waals surface area contributed by atoms with E-state index in [1.165, 1.54) is 0 Å². The quantitative estimate of drug-likeness (QED) is 0.616. The average Bonchev–Trinajstić information content (AvgIpc) is 2.53. The Bertz CT molecular complexity index is 600. The number of phenolic OH excluding ortho intramolecular Hbond substituents is 2. The molecule has 22 heavy (non-hydrogen) atoms. The van der Waals surface area contributed by atoms with Crippen LogP contribution in [-0.2, 0) is 6.42 Å². The van der Waals surface area contributed by atoms with Crippen LogP contribution in [0.2, 0.25) is 0 Å². The number of nitrogens with zero attached hydrogens (tertiary/aromatic N) is 1. The highest BCUT2D eigenvalue weighted by Gasteiger charge is 2.24. The van der Waals surface area contributed by atoms with Gasteiger partial charge in [-0.25, -0.2) is 0 Å². The molecule has 0 saturated heterocycles. The van der Waals surface area contributed by atoms with Crippen LogP contribution >= 0.6 is 0 Å². The third kappa shape index (κ3) is 3.76. The Balaban J connectivity index is 2.12. The van der Waals surface area contributed by atoms with Crippen molar-refractivity contribution in [3.8, 4) is 11.5 Å². The normalized spacial score (nSPS) is 14.0. The summed E-state index contributed by atoms with van der Waals surface area (Å²) in [5, 5.41) is 40.2. The molecule has 0 spiro atoms. The van der Waals surface area contributed by atoms with Crippen molar-refractivity contribution in [3.05, 3.63) is 59.7 Å². The molecule has 2 aromatic carbocycles. The van der Waals surface area contributed by atoms with E-state index in [4.69, 9.17) is 0 Å². The van der Waals surface area contributed by atoms with Crippen LogP contribution in [0, 0.1) is 0 Å². The molecular formula is C17H21NO4. The van der Waals surface area contributed by atoms with E-state index in [0.29, 0.717) is 12.0 Å². The summed E-state index contributed by atoms with van der Waals surface area (Å²) in [5.74, 6) is 0.281. The maximum atomic E-state index is 10.4. The molecule has 0 amide bonds. The second-order valence-corrected chi connectivity index (χ2v) is 5.32. The van der Waals surface area contributed by atoms with Gasteiger partial charge in [0, 0.05) is 5.56 Å². The first kappa shape index (κ1) is 16.3. The highest BCUT2D eigenvalue weighted by atomic mass is 16.5. The van der Waals surface area contributed by atoms with Crippen molar-refractivity contribution < 1.29 is 20.5 Å². The van der Waals surface area contributed by atoms with Gasteiger partial charge in [-0.1, -0.05) is 30.3 Å². The highest BCUT2D eigenvalue weighted by Crippen LogP contribution is 2.28. The summed E-state index contributed by atoms with van der Waals surface area (Å²) < 4.78 is 0. The molecule has 0 aliphatic heterocycles. The van der Waals surface area contributed by atoms with E-state index in [1.807, 2.05) is 0 Å². The molecular weight excluding hydrogens is 282 g/mol. The molecule has 0 aliphatic rings. The van der Waals surface area contributed by atoms with Gasteiger partial charge in [-0.2, -0.15) is 5.06 Å². The second-order valence-electron chi connectivity index (χ2n) is 5.32. The molecule has 2 unspecified atom stereocenters. The maximum Gasteiger partial charge on any atom is 0.120 e. The predicted molar refractivity (Wildman–Crippen MR) is 82.8 cm³/mol. The van der Waals surface area contributed by atoms with Gasteiger partial charge in [0.25, 0.3) is 0 Å². The van der Waals surface area contributed by atoms with Crippen molar-refractivity contribution in [3.63, 3.8) is 0 Å². The minimum absolute atomic E-state index is 0.107. The molecule has 0 aliphatic carbocycles. The molecule has 5 nitrogen and oxygen atoms in total. The van der Waals surface area contributed by atoms with Crippen LogP contribution in [-0.4, -0.2) is 38.2 Å². The first-order chi connectivity index (χ1) is 10.5. The number of hydrogen-bond acceptors (Lipinski definition) is 5. The fourth-order valence-electron chi connectivity index (χ4n) is 2.45. The molecule has 4 N–H and O–H groups in total. The van der Waals surface area contributed by atoms with Crippen LogP contribution < -0.4 is 0 Å². The van der Waals surface area contributed by atoms with E-state index in [-0.39, 0.29) is 18.1 Å². The molecule has 2 aromatic rings. The Kier molecular flexibility index (Phi) is 5.38. The number of benzene rings is 2. The monoisotopic (exact) mass is 303 g/mol. The van der Waals surface area contributed by atoms with E-state index in [2.05, 4.69) is 0 Å². The average molecular weight is 303 g/mol. The van der Waals surface area contributed by atoms with Crippen molar-refractivity contribution in [1.29, 1.82) is 0 Å². The van der Waals surface area contributed by atoms with Crippen LogP contribution in [0.25, 0.3) is 0 Å². The summed E-state index contributed by atoms with van der Waals surface area (Å²) in [5.41, 5.74) is 1.48. The Labute approximate surface area is 129 Å². The van der Waals surface area contributed by atoms with Crippen LogP contribution in [0.15, 0.2) is 48.5 Å². The minimum atomic E-state index is -0.515. The third-order valence-corrected chi connectivity index (χ3v) is 3.78. The lowest BCUT2D eigenvalue weighted by Crippen LogP contribution is -2.38. The van der Waals surface area contributed by atoms with Gasteiger partial charge in [-0.15, -0.1) is 0 Å². The fraction of sp³-hybridized carbons (Fsp3) is 0.294. The number of para-hydroxylation sites is 1. The molecule has 0 saturated carbocycles. The zero-order chi connectivity index (χ0) is 16.1. The van der Waals surface area contributed by atoms with Crippen molar-refractivity contribution in [2.45, 2.75) is 25.4 Å². The molecule has 5 heteroatoms. The molecule has 118 valence electrons. The molecule has 0 radical (unpaired) electrons. The summed E-state index contributed by atoms with van der Waals surface area (Å²) in [6.45, 7) is 1.53. The first-order valence-corrected chi connectivity index (χ1v) is 7.16. The van der Waals surface area contributed by atoms with Gasteiger partial charge in [0.2, 0.25) is 0 Å². The second kappa shape index (κ2) is 7.26. The summed E-state index contributed by atoms with van der Waals surface area (Å²) in [4.78, 5) is 0. The Morgan fingerprint density at radius 1 is 1.00 bits per heavy atom. The van der Waals surface area contributed by atoms with E-state index in [9.17, 15) is 20.5 Å². The summed E-state index contributed by atoms with van der Waals surface area (Å²) in [7, 11) is 0. The Hall–Kier alpha value is -2.08. The van der Waals surface area contributed by atoms with E-state index < -0.39 is 12.1 Å². The molecule has 0 heterocycles. The molecule has 2 rings (SSSR count). The maximum absolute atomic E-state index is 10.4. The number of phenols is 2. The van der Waals surface area contributed by atoms with Crippen molar-refractivity contribution in [2.24, 2.45) is 0 Å². The number of rotatable bonds is 6. The zero-order valence-electron chi connectivity index (χ0n) is 12.4. The smallest absolute Gasteiger partial charge is 0.120 e. The molecule has 0 fully saturated rings. The van der Waals surface area contributed by atoms with Gasteiger partial charge in [0.15, 0.2) is 0 Å². The standard InChI is InChI=1S/C17H21NO4/c1-12(16-4-2-3-5-17(16)21)18(22)14(11-19)10-13-6-8-15(20)9-7-13/h2-9,12,14,19-22H,10-11H2,1H3. The number of aliphatic hydroxyl groups is 1. The minimum Gasteiger partial charge on any atom is -0.508 e. The van der Waals surface area contributed by atoms with Gasteiger partial charge in [0.05, 0.1) is 18.7 Å². The van der Waals surface area contributed by atoms with E-state index in [1.54, 1.807) is 55.5 Å². The third-order valence-electron chi connectivity index (χ3n) is 3.78. The van der Waals surface area contributed by atoms with Gasteiger partial charge in [-0.05, 0) is 37.1 Å². The largest absolute Gasteiger partial charge is 0.508 e. The van der Waals surface area contributed by atoms with E-state index in [0.717, 1.165) is 10.6 Å². The molecule has 0 aromatic heterocycles. The number of hydrogen-bond donors (Lipinski definition) is 4. The Morgan fingerprint density at radius 3 is 2.23 bits per heavy atom. The number of aliphatic hydroxyl groups excluding tert-OH is 1. The van der Waals surface area contributed by atoms with Gasteiger partial charge >= 0.3 is 0 Å². The number of aromatic hydroxyl groups is 2. The lowest BCUT2D eigenvalue weighted by molar-refractivity contribution is -0.166. The van der Waals surface area contributed by atoms with E-state index >= 15 is 0 Å². The lowest BCUT2D eigenvalue weighted by atomic mass is 10.0. The molecule has 0 bridgehead atoms. The van der Waals surface area contributed by atoms with Crippen molar-refractivity contribution in [1.82, 2.24) is 5.06 Å². The topological polar surface area (TPSA) is 84.2 Å². The van der Waals surface area contributed by atoms with Gasteiger partial charge in [-0.3, -0.25) is 0 Å². The summed E-state index contributed by atoms with van der Waals surface area (Å²) >= 11 is 0. The summed E-state index contributed by atoms with van der Waals surface area (Å²) in [6.07, 6.45) is 0.422. The van der Waals surface area contributed by atoms with Gasteiger partial charge < -0.3 is 20.5 Å². The first-order valence-electron chi connectivity index (χ1n) is 7.16. The highest BCUT2D eigenvalue weighted by molar-refractivity contribution is 5.34. The van der Waals surface area contributed by atoms with Crippen LogP contribution in [0.3, 0.4) is 0 Å². The Morgan fingerprint density at radius 2 is 1.64 bits per heavy atom.